The number of rotatable bonds is 2. The lowest BCUT2D eigenvalue weighted by molar-refractivity contribution is -0.0279. The van der Waals surface area contributed by atoms with E-state index in [1.54, 1.807) is 14.2 Å². The Morgan fingerprint density at radius 2 is 1.55 bits per heavy atom. The number of methoxy groups -OCH3 is 2. The largest absolute Gasteiger partial charge is 0.380 e. The van der Waals surface area contributed by atoms with E-state index in [2.05, 4.69) is 0 Å². The second-order valence-electron chi connectivity index (χ2n) is 3.06. The van der Waals surface area contributed by atoms with E-state index in [1.807, 2.05) is 0 Å². The lowest BCUT2D eigenvalue weighted by atomic mass is 9.90. The Morgan fingerprint density at radius 1 is 1.09 bits per heavy atom. The van der Waals surface area contributed by atoms with E-state index in [0.29, 0.717) is 0 Å². The minimum atomic E-state index is 0.0544. The predicted octanol–water partition coefficient (Wildman–Crippen LogP) is 0.528. The van der Waals surface area contributed by atoms with Crippen molar-refractivity contribution in [2.75, 3.05) is 14.2 Å². The zero-order chi connectivity index (χ0) is 8.27. The number of hydrogen-bond donors (Lipinski definition) is 1. The first-order chi connectivity index (χ1) is 5.29. The topological polar surface area (TPSA) is 44.5 Å². The lowest BCUT2D eigenvalue weighted by Gasteiger charge is -2.33. The van der Waals surface area contributed by atoms with Crippen LogP contribution >= 0.6 is 0 Å². The van der Waals surface area contributed by atoms with Gasteiger partial charge in [-0.05, 0) is 19.3 Å². The molecule has 0 aromatic rings. The Labute approximate surface area is 67.9 Å². The number of hydrogen-bond acceptors (Lipinski definition) is 3. The minimum absolute atomic E-state index is 0.0544. The van der Waals surface area contributed by atoms with Gasteiger partial charge < -0.3 is 15.2 Å². The first-order valence-corrected chi connectivity index (χ1v) is 4.10. The summed E-state index contributed by atoms with van der Waals surface area (Å²) in [5.41, 5.74) is 5.89. The van der Waals surface area contributed by atoms with Gasteiger partial charge in [-0.1, -0.05) is 0 Å². The van der Waals surface area contributed by atoms with Crippen molar-refractivity contribution >= 4 is 0 Å². The van der Waals surface area contributed by atoms with Gasteiger partial charge >= 0.3 is 0 Å². The zero-order valence-electron chi connectivity index (χ0n) is 7.25. The first kappa shape index (κ1) is 8.97. The highest BCUT2D eigenvalue weighted by molar-refractivity contribution is 4.86. The maximum absolute atomic E-state index is 5.89. The van der Waals surface area contributed by atoms with Crippen molar-refractivity contribution in [2.45, 2.75) is 37.5 Å². The molecule has 3 atom stereocenters. The van der Waals surface area contributed by atoms with Crippen LogP contribution in [0.25, 0.3) is 0 Å². The second kappa shape index (κ2) is 4.04. The smallest absolute Gasteiger partial charge is 0.0747 e. The van der Waals surface area contributed by atoms with Crippen LogP contribution in [0.4, 0.5) is 0 Å². The molecule has 0 heterocycles. The third-order valence-corrected chi connectivity index (χ3v) is 2.44. The third kappa shape index (κ3) is 1.92. The Kier molecular flexibility index (Phi) is 3.30. The standard InChI is InChI=1S/C8H17NO2/c1-10-6-4-3-5-7(11-2)8(6)9/h6-8H,3-5,9H2,1-2H3/t6-,7+,8?. The van der Waals surface area contributed by atoms with Crippen molar-refractivity contribution in [1.29, 1.82) is 0 Å². The van der Waals surface area contributed by atoms with Crippen molar-refractivity contribution < 1.29 is 9.47 Å². The molecule has 1 rings (SSSR count). The zero-order valence-corrected chi connectivity index (χ0v) is 7.25. The summed E-state index contributed by atoms with van der Waals surface area (Å²) < 4.78 is 10.5. The Balaban J connectivity index is 2.45. The van der Waals surface area contributed by atoms with Crippen LogP contribution in [0.15, 0.2) is 0 Å². The molecule has 1 aliphatic carbocycles. The molecule has 11 heavy (non-hydrogen) atoms. The van der Waals surface area contributed by atoms with Crippen molar-refractivity contribution in [3.05, 3.63) is 0 Å². The molecule has 0 aromatic carbocycles. The van der Waals surface area contributed by atoms with Gasteiger partial charge in [-0.15, -0.1) is 0 Å². The maximum Gasteiger partial charge on any atom is 0.0747 e. The molecule has 0 spiro atoms. The summed E-state index contributed by atoms with van der Waals surface area (Å²) >= 11 is 0. The summed E-state index contributed by atoms with van der Waals surface area (Å²) in [6, 6.07) is 0.0544. The van der Waals surface area contributed by atoms with E-state index in [0.717, 1.165) is 19.3 Å². The van der Waals surface area contributed by atoms with E-state index in [-0.39, 0.29) is 18.2 Å². The van der Waals surface area contributed by atoms with Crippen molar-refractivity contribution in [1.82, 2.24) is 0 Å². The lowest BCUT2D eigenvalue weighted by Crippen LogP contribution is -2.49. The molecule has 0 amide bonds. The van der Waals surface area contributed by atoms with Gasteiger partial charge in [0.05, 0.1) is 18.2 Å². The molecule has 1 unspecified atom stereocenters. The molecule has 0 aliphatic heterocycles. The van der Waals surface area contributed by atoms with Gasteiger partial charge in [0.1, 0.15) is 0 Å². The molecule has 0 bridgehead atoms. The van der Waals surface area contributed by atoms with Crippen LogP contribution in [0.2, 0.25) is 0 Å². The van der Waals surface area contributed by atoms with Crippen molar-refractivity contribution in [3.63, 3.8) is 0 Å². The Hall–Kier alpha value is -0.120. The van der Waals surface area contributed by atoms with Crippen molar-refractivity contribution in [2.24, 2.45) is 5.73 Å². The van der Waals surface area contributed by atoms with Crippen LogP contribution in [0.3, 0.4) is 0 Å². The van der Waals surface area contributed by atoms with Crippen LogP contribution in [0, 0.1) is 0 Å². The molecular formula is C8H17NO2. The highest BCUT2D eigenvalue weighted by atomic mass is 16.5. The molecule has 0 radical (unpaired) electrons. The second-order valence-corrected chi connectivity index (χ2v) is 3.06. The Bertz CT molecular complexity index is 107. The minimum Gasteiger partial charge on any atom is -0.380 e. The van der Waals surface area contributed by atoms with Gasteiger partial charge in [-0.25, -0.2) is 0 Å². The molecule has 3 heteroatoms. The highest BCUT2D eigenvalue weighted by Crippen LogP contribution is 2.21. The fraction of sp³-hybridized carbons (Fsp3) is 1.00. The SMILES string of the molecule is CO[C@H]1CCC[C@@H](OC)C1N. The van der Waals surface area contributed by atoms with E-state index < -0.39 is 0 Å². The highest BCUT2D eigenvalue weighted by Gasteiger charge is 2.30. The van der Waals surface area contributed by atoms with Gasteiger partial charge in [0.2, 0.25) is 0 Å². The fourth-order valence-electron chi connectivity index (χ4n) is 1.69. The monoisotopic (exact) mass is 159 g/mol. The van der Waals surface area contributed by atoms with Gasteiger partial charge in [-0.3, -0.25) is 0 Å². The summed E-state index contributed by atoms with van der Waals surface area (Å²) in [6.45, 7) is 0. The summed E-state index contributed by atoms with van der Waals surface area (Å²) in [7, 11) is 3.42. The normalized spacial score (nSPS) is 39.0. The van der Waals surface area contributed by atoms with Crippen LogP contribution < -0.4 is 5.73 Å². The first-order valence-electron chi connectivity index (χ1n) is 4.10. The van der Waals surface area contributed by atoms with E-state index in [9.17, 15) is 0 Å². The van der Waals surface area contributed by atoms with Crippen LogP contribution in [0.5, 0.6) is 0 Å². The van der Waals surface area contributed by atoms with Crippen LogP contribution in [-0.4, -0.2) is 32.5 Å². The van der Waals surface area contributed by atoms with Gasteiger partial charge in [0, 0.05) is 14.2 Å². The molecule has 0 saturated heterocycles. The van der Waals surface area contributed by atoms with E-state index in [1.165, 1.54) is 0 Å². The third-order valence-electron chi connectivity index (χ3n) is 2.44. The molecule has 1 fully saturated rings. The predicted molar refractivity (Wildman–Crippen MR) is 43.4 cm³/mol. The van der Waals surface area contributed by atoms with Crippen LogP contribution in [-0.2, 0) is 9.47 Å². The number of ether oxygens (including phenoxy) is 2. The van der Waals surface area contributed by atoms with Crippen LogP contribution in [0.1, 0.15) is 19.3 Å². The van der Waals surface area contributed by atoms with Gasteiger partial charge in [0.15, 0.2) is 0 Å². The average molecular weight is 159 g/mol. The average Bonchev–Trinajstić information content (AvgIpc) is 2.05. The fourth-order valence-corrected chi connectivity index (χ4v) is 1.69. The molecule has 66 valence electrons. The summed E-state index contributed by atoms with van der Waals surface area (Å²) in [5.74, 6) is 0. The quantitative estimate of drug-likeness (QED) is 0.639. The maximum atomic E-state index is 5.89. The van der Waals surface area contributed by atoms with Gasteiger partial charge in [0.25, 0.3) is 0 Å². The molecule has 1 aliphatic rings. The van der Waals surface area contributed by atoms with Gasteiger partial charge in [-0.2, -0.15) is 0 Å². The molecule has 1 saturated carbocycles. The number of nitrogens with two attached hydrogens (primary N) is 1. The van der Waals surface area contributed by atoms with Crippen molar-refractivity contribution in [3.8, 4) is 0 Å². The molecule has 2 N–H and O–H groups in total. The summed E-state index contributed by atoms with van der Waals surface area (Å²) in [6.07, 6.45) is 3.67. The Morgan fingerprint density at radius 3 is 1.91 bits per heavy atom. The molecular weight excluding hydrogens is 142 g/mol. The van der Waals surface area contributed by atoms with E-state index in [4.69, 9.17) is 15.2 Å². The molecule has 3 nitrogen and oxygen atoms in total. The summed E-state index contributed by atoms with van der Waals surface area (Å²) in [4.78, 5) is 0. The molecule has 0 aromatic heterocycles. The summed E-state index contributed by atoms with van der Waals surface area (Å²) in [5, 5.41) is 0. The van der Waals surface area contributed by atoms with E-state index >= 15 is 0 Å².